The van der Waals surface area contributed by atoms with Crippen molar-refractivity contribution in [3.8, 4) is 5.82 Å². The van der Waals surface area contributed by atoms with Crippen LogP contribution >= 0.6 is 12.2 Å². The number of thiocarbonyl (C=S) groups is 1. The molecule has 0 aromatic carbocycles. The molecule has 0 aliphatic carbocycles. The molecule has 2 aromatic rings. The molecule has 2 aromatic heterocycles. The highest BCUT2D eigenvalue weighted by atomic mass is 32.1. The van der Waals surface area contributed by atoms with Gasteiger partial charge in [0.2, 0.25) is 0 Å². The summed E-state index contributed by atoms with van der Waals surface area (Å²) in [6, 6.07) is 5.77. The minimum Gasteiger partial charge on any atom is -0.389 e. The first-order valence-corrected chi connectivity index (χ1v) is 5.71. The number of hydrogen-bond acceptors (Lipinski definition) is 3. The summed E-state index contributed by atoms with van der Waals surface area (Å²) in [5.41, 5.74) is 9.32. The Morgan fingerprint density at radius 2 is 1.94 bits per heavy atom. The third kappa shape index (κ3) is 2.19. The molecule has 2 rings (SSSR count). The van der Waals surface area contributed by atoms with Crippen LogP contribution < -0.4 is 5.73 Å². The number of nitrogens with zero attached hydrogens (tertiary/aromatic N) is 3. The highest BCUT2D eigenvalue weighted by molar-refractivity contribution is 7.80. The molecule has 4 nitrogen and oxygen atoms in total. The van der Waals surface area contributed by atoms with Gasteiger partial charge in [-0.05, 0) is 39.0 Å². The minimum absolute atomic E-state index is 0.333. The lowest BCUT2D eigenvalue weighted by atomic mass is 10.2. The molecule has 0 saturated carbocycles. The van der Waals surface area contributed by atoms with E-state index in [1.807, 2.05) is 39.0 Å². The number of rotatable bonds is 2. The van der Waals surface area contributed by atoms with Crippen molar-refractivity contribution in [1.82, 2.24) is 14.8 Å². The Morgan fingerprint density at radius 1 is 1.24 bits per heavy atom. The van der Waals surface area contributed by atoms with E-state index >= 15 is 0 Å². The van der Waals surface area contributed by atoms with Crippen LogP contribution in [0.1, 0.15) is 22.6 Å². The second-order valence-corrected chi connectivity index (χ2v) is 4.47. The fourth-order valence-corrected chi connectivity index (χ4v) is 1.90. The summed E-state index contributed by atoms with van der Waals surface area (Å²) >= 11 is 5.04. The molecule has 0 radical (unpaired) electrons. The number of aryl methyl sites for hydroxylation is 3. The largest absolute Gasteiger partial charge is 0.389 e. The van der Waals surface area contributed by atoms with Crippen LogP contribution in [0.2, 0.25) is 0 Å². The van der Waals surface area contributed by atoms with E-state index in [1.54, 1.807) is 4.68 Å². The van der Waals surface area contributed by atoms with Crippen LogP contribution in [0.4, 0.5) is 0 Å². The third-order valence-corrected chi connectivity index (χ3v) is 2.71. The first-order valence-electron chi connectivity index (χ1n) is 5.30. The van der Waals surface area contributed by atoms with Gasteiger partial charge in [-0.15, -0.1) is 0 Å². The molecule has 0 amide bonds. The summed E-state index contributed by atoms with van der Waals surface area (Å²) in [5, 5.41) is 4.40. The molecule has 0 aliphatic heterocycles. The van der Waals surface area contributed by atoms with Gasteiger partial charge in [0, 0.05) is 11.4 Å². The zero-order valence-electron chi connectivity index (χ0n) is 10.1. The van der Waals surface area contributed by atoms with Crippen LogP contribution in [0, 0.1) is 20.8 Å². The van der Waals surface area contributed by atoms with Crippen LogP contribution in [0.15, 0.2) is 18.2 Å². The molecule has 0 fully saturated rings. The third-order valence-electron chi connectivity index (χ3n) is 2.49. The van der Waals surface area contributed by atoms with Crippen molar-refractivity contribution in [2.45, 2.75) is 20.8 Å². The Kier molecular flexibility index (Phi) is 2.93. The van der Waals surface area contributed by atoms with E-state index in [2.05, 4.69) is 10.1 Å². The van der Waals surface area contributed by atoms with E-state index in [0.29, 0.717) is 10.8 Å². The molecular formula is C12H14N4S. The molecule has 17 heavy (non-hydrogen) atoms. The van der Waals surface area contributed by atoms with E-state index in [9.17, 15) is 0 Å². The van der Waals surface area contributed by atoms with Crippen LogP contribution in [-0.2, 0) is 0 Å². The van der Waals surface area contributed by atoms with E-state index in [0.717, 1.165) is 22.6 Å². The van der Waals surface area contributed by atoms with Gasteiger partial charge in [0.1, 0.15) is 4.99 Å². The van der Waals surface area contributed by atoms with E-state index in [-0.39, 0.29) is 0 Å². The molecule has 0 saturated heterocycles. The van der Waals surface area contributed by atoms with Crippen molar-refractivity contribution in [1.29, 1.82) is 0 Å². The van der Waals surface area contributed by atoms with Crippen molar-refractivity contribution in [2.75, 3.05) is 0 Å². The number of pyridine rings is 1. The van der Waals surface area contributed by atoms with Crippen LogP contribution in [0.3, 0.4) is 0 Å². The highest BCUT2D eigenvalue weighted by Crippen LogP contribution is 2.15. The van der Waals surface area contributed by atoms with Gasteiger partial charge in [-0.2, -0.15) is 5.10 Å². The molecule has 5 heteroatoms. The average Bonchev–Trinajstić information content (AvgIpc) is 2.57. The maximum Gasteiger partial charge on any atom is 0.164 e. The molecule has 0 bridgehead atoms. The topological polar surface area (TPSA) is 56.7 Å². The monoisotopic (exact) mass is 246 g/mol. The summed E-state index contributed by atoms with van der Waals surface area (Å²) in [6.07, 6.45) is 0. The van der Waals surface area contributed by atoms with Gasteiger partial charge in [0.05, 0.1) is 11.3 Å². The molecule has 0 atom stereocenters. The van der Waals surface area contributed by atoms with Gasteiger partial charge >= 0.3 is 0 Å². The summed E-state index contributed by atoms with van der Waals surface area (Å²) in [4.78, 5) is 4.81. The van der Waals surface area contributed by atoms with Gasteiger partial charge in [-0.3, -0.25) is 0 Å². The standard InChI is InChI=1S/C12H14N4S/c1-7-4-5-10(11(13)17)12(14-7)16-9(3)6-8(2)15-16/h4-6H,1-3H3,(H2,13,17). The number of aromatic nitrogens is 3. The normalized spacial score (nSPS) is 10.5. The Bertz CT molecular complexity index is 586. The van der Waals surface area contributed by atoms with Crippen molar-refractivity contribution in [3.05, 3.63) is 40.8 Å². The first kappa shape index (κ1) is 11.7. The Morgan fingerprint density at radius 3 is 2.47 bits per heavy atom. The lowest BCUT2D eigenvalue weighted by Gasteiger charge is -2.09. The quantitative estimate of drug-likeness (QED) is 0.821. The van der Waals surface area contributed by atoms with Crippen molar-refractivity contribution in [3.63, 3.8) is 0 Å². The van der Waals surface area contributed by atoms with Gasteiger partial charge in [0.15, 0.2) is 5.82 Å². The molecule has 2 N–H and O–H groups in total. The lowest BCUT2D eigenvalue weighted by molar-refractivity contribution is 0.800. The molecule has 0 spiro atoms. The predicted octanol–water partition coefficient (Wildman–Crippen LogP) is 1.83. The van der Waals surface area contributed by atoms with Gasteiger partial charge in [-0.25, -0.2) is 9.67 Å². The second-order valence-electron chi connectivity index (χ2n) is 4.03. The van der Waals surface area contributed by atoms with E-state index in [1.165, 1.54) is 0 Å². The number of nitrogens with two attached hydrogens (primary N) is 1. The Balaban J connectivity index is 2.69. The number of hydrogen-bond donors (Lipinski definition) is 1. The van der Waals surface area contributed by atoms with Crippen molar-refractivity contribution >= 4 is 17.2 Å². The zero-order chi connectivity index (χ0) is 12.6. The zero-order valence-corrected chi connectivity index (χ0v) is 10.9. The van der Waals surface area contributed by atoms with Crippen LogP contribution in [0.25, 0.3) is 5.82 Å². The van der Waals surface area contributed by atoms with Gasteiger partial charge < -0.3 is 5.73 Å². The maximum absolute atomic E-state index is 5.71. The maximum atomic E-state index is 5.71. The fourth-order valence-electron chi connectivity index (χ4n) is 1.74. The Hall–Kier alpha value is -1.75. The predicted molar refractivity (Wildman–Crippen MR) is 71.5 cm³/mol. The molecular weight excluding hydrogens is 232 g/mol. The fraction of sp³-hybridized carbons (Fsp3) is 0.250. The smallest absolute Gasteiger partial charge is 0.164 e. The van der Waals surface area contributed by atoms with Gasteiger partial charge in [0.25, 0.3) is 0 Å². The average molecular weight is 246 g/mol. The van der Waals surface area contributed by atoms with E-state index < -0.39 is 0 Å². The summed E-state index contributed by atoms with van der Waals surface area (Å²) < 4.78 is 1.77. The highest BCUT2D eigenvalue weighted by Gasteiger charge is 2.12. The second kappa shape index (κ2) is 4.25. The van der Waals surface area contributed by atoms with Crippen molar-refractivity contribution < 1.29 is 0 Å². The lowest BCUT2D eigenvalue weighted by Crippen LogP contribution is -2.16. The SMILES string of the molecule is Cc1ccc(C(N)=S)c(-n2nc(C)cc2C)n1. The molecule has 88 valence electrons. The van der Waals surface area contributed by atoms with Gasteiger partial charge in [-0.1, -0.05) is 12.2 Å². The Labute approximate surface area is 105 Å². The van der Waals surface area contributed by atoms with Crippen molar-refractivity contribution in [2.24, 2.45) is 5.73 Å². The molecule has 0 unspecified atom stereocenters. The molecule has 0 aliphatic rings. The molecule has 2 heterocycles. The van der Waals surface area contributed by atoms with E-state index in [4.69, 9.17) is 18.0 Å². The summed E-state index contributed by atoms with van der Waals surface area (Å²) in [6.45, 7) is 5.85. The summed E-state index contributed by atoms with van der Waals surface area (Å²) in [5.74, 6) is 0.697. The van der Waals surface area contributed by atoms with Crippen LogP contribution in [0.5, 0.6) is 0 Å². The first-order chi connectivity index (χ1) is 7.99. The summed E-state index contributed by atoms with van der Waals surface area (Å²) in [7, 11) is 0. The van der Waals surface area contributed by atoms with Crippen LogP contribution in [-0.4, -0.2) is 19.8 Å². The minimum atomic E-state index is 0.333.